The Hall–Kier alpha value is -1.37. The minimum absolute atomic E-state index is 0.141. The van der Waals surface area contributed by atoms with Crippen molar-refractivity contribution >= 4 is 23.3 Å². The van der Waals surface area contributed by atoms with Crippen molar-refractivity contribution in [3.05, 3.63) is 16.7 Å². The van der Waals surface area contributed by atoms with Gasteiger partial charge in [-0.15, -0.1) is 0 Å². The highest BCUT2D eigenvalue weighted by molar-refractivity contribution is 7.71. The number of H-pyrrole nitrogens is 1. The Morgan fingerprint density at radius 1 is 1.57 bits per heavy atom. The van der Waals surface area contributed by atoms with E-state index in [1.165, 1.54) is 10.9 Å². The monoisotopic (exact) mass is 216 g/mol. The zero-order valence-corrected chi connectivity index (χ0v) is 7.98. The lowest BCUT2D eigenvalue weighted by molar-refractivity contribution is 0.140. The van der Waals surface area contributed by atoms with Crippen molar-refractivity contribution in [1.82, 2.24) is 19.7 Å². The number of hydrogen-bond donors (Lipinski definition) is 1. The molecule has 0 saturated heterocycles. The zero-order valence-electron chi connectivity index (χ0n) is 7.16. The highest BCUT2D eigenvalue weighted by Gasteiger charge is 2.12. The highest BCUT2D eigenvalue weighted by Crippen LogP contribution is 2.18. The van der Waals surface area contributed by atoms with Gasteiger partial charge in [-0.1, -0.05) is 12.2 Å². The summed E-state index contributed by atoms with van der Waals surface area (Å²) in [4.78, 5) is 6.06. The second-order valence-electron chi connectivity index (χ2n) is 2.76. The Kier molecular flexibility index (Phi) is 2.03. The molecule has 0 spiro atoms. The number of alkyl halides is 2. The van der Waals surface area contributed by atoms with Gasteiger partial charge in [0.2, 0.25) is 0 Å². The van der Waals surface area contributed by atoms with Gasteiger partial charge in [-0.05, 0) is 0 Å². The fraction of sp³-hybridized carbons (Fsp3) is 0.286. The first-order valence-electron chi connectivity index (χ1n) is 3.79. The Labute approximate surface area is 82.6 Å². The Morgan fingerprint density at radius 2 is 2.29 bits per heavy atom. The topological polar surface area (TPSA) is 46.5 Å². The number of nitrogens with one attached hydrogen (secondary N) is 1. The van der Waals surface area contributed by atoms with Gasteiger partial charge in [0.1, 0.15) is 10.3 Å². The quantitative estimate of drug-likeness (QED) is 0.741. The van der Waals surface area contributed by atoms with Crippen LogP contribution in [-0.4, -0.2) is 19.7 Å². The van der Waals surface area contributed by atoms with E-state index in [2.05, 4.69) is 15.1 Å². The van der Waals surface area contributed by atoms with Gasteiger partial charge in [0.25, 0.3) is 6.43 Å². The van der Waals surface area contributed by atoms with E-state index in [-0.39, 0.29) is 4.64 Å². The number of nitrogens with zero attached hydrogens (tertiary/aromatic N) is 3. The molecular formula is C7H6F2N4S. The average Bonchev–Trinajstić information content (AvgIpc) is 2.48. The molecule has 4 nitrogen and oxygen atoms in total. The molecule has 0 unspecified atom stereocenters. The molecule has 14 heavy (non-hydrogen) atoms. The van der Waals surface area contributed by atoms with Crippen LogP contribution < -0.4 is 0 Å². The van der Waals surface area contributed by atoms with Gasteiger partial charge in [0.05, 0.1) is 11.6 Å². The maximum absolute atomic E-state index is 12.3. The van der Waals surface area contributed by atoms with Gasteiger partial charge in [-0.25, -0.2) is 13.8 Å². The van der Waals surface area contributed by atoms with E-state index < -0.39 is 12.2 Å². The van der Waals surface area contributed by atoms with Gasteiger partial charge in [0.15, 0.2) is 5.82 Å². The van der Waals surface area contributed by atoms with Crippen molar-refractivity contribution in [2.45, 2.75) is 6.43 Å². The summed E-state index contributed by atoms with van der Waals surface area (Å²) in [7, 11) is 1.64. The van der Waals surface area contributed by atoms with Gasteiger partial charge < -0.3 is 4.98 Å². The molecule has 2 aromatic rings. The fourth-order valence-corrected chi connectivity index (χ4v) is 1.41. The number of rotatable bonds is 1. The first-order valence-corrected chi connectivity index (χ1v) is 4.20. The molecule has 2 rings (SSSR count). The fourth-order valence-electron chi connectivity index (χ4n) is 1.16. The molecule has 0 aliphatic rings. The third-order valence-electron chi connectivity index (χ3n) is 1.84. The van der Waals surface area contributed by atoms with Crippen LogP contribution in [0.5, 0.6) is 0 Å². The van der Waals surface area contributed by atoms with Gasteiger partial charge in [0, 0.05) is 7.05 Å². The molecule has 2 heterocycles. The minimum Gasteiger partial charge on any atom is -0.323 e. The van der Waals surface area contributed by atoms with Gasteiger partial charge in [-0.2, -0.15) is 5.10 Å². The molecule has 0 radical (unpaired) electrons. The lowest BCUT2D eigenvalue weighted by atomic mass is 10.4. The van der Waals surface area contributed by atoms with E-state index in [1.54, 1.807) is 7.05 Å². The molecule has 0 saturated carbocycles. The van der Waals surface area contributed by atoms with Crippen LogP contribution in [0.4, 0.5) is 8.78 Å². The average molecular weight is 216 g/mol. The summed E-state index contributed by atoms with van der Waals surface area (Å²) in [5, 5.41) is 4.47. The van der Waals surface area contributed by atoms with Crippen LogP contribution >= 0.6 is 12.2 Å². The Balaban J connectivity index is 2.82. The van der Waals surface area contributed by atoms with Crippen molar-refractivity contribution in [3.63, 3.8) is 0 Å². The Bertz CT molecular complexity index is 530. The molecule has 2 aromatic heterocycles. The second kappa shape index (κ2) is 3.09. The molecule has 0 aliphatic carbocycles. The van der Waals surface area contributed by atoms with Crippen LogP contribution in [0.15, 0.2) is 6.20 Å². The predicted molar refractivity (Wildman–Crippen MR) is 48.7 cm³/mol. The summed E-state index contributed by atoms with van der Waals surface area (Å²) in [5.41, 5.74) is 0.459. The third-order valence-corrected chi connectivity index (χ3v) is 2.16. The standard InChI is InChI=1S/C7H6F2N4S/c1-13-6-3(2-10-13)7(14)12-5(11-6)4(8)9/h2,4H,1H3,(H,11,12,14). The van der Waals surface area contributed by atoms with Crippen LogP contribution in [-0.2, 0) is 7.05 Å². The molecule has 0 amide bonds. The number of aromatic amines is 1. The number of fused-ring (bicyclic) bond motifs is 1. The van der Waals surface area contributed by atoms with Crippen LogP contribution in [0.1, 0.15) is 12.2 Å². The molecular weight excluding hydrogens is 210 g/mol. The lowest BCUT2D eigenvalue weighted by Gasteiger charge is -2.00. The first-order chi connectivity index (χ1) is 6.59. The summed E-state index contributed by atoms with van der Waals surface area (Å²) in [6, 6.07) is 0. The van der Waals surface area contributed by atoms with E-state index in [9.17, 15) is 8.78 Å². The van der Waals surface area contributed by atoms with Crippen LogP contribution in [0.3, 0.4) is 0 Å². The zero-order chi connectivity index (χ0) is 10.3. The largest absolute Gasteiger partial charge is 0.323 e. The first kappa shape index (κ1) is 9.20. The number of aryl methyl sites for hydroxylation is 1. The number of halogens is 2. The maximum Gasteiger partial charge on any atom is 0.295 e. The number of aromatic nitrogens is 4. The third kappa shape index (κ3) is 1.29. The molecule has 1 N–H and O–H groups in total. The SMILES string of the molecule is Cn1ncc2c(=S)nc(C(F)F)[nH]c21. The van der Waals surface area contributed by atoms with E-state index in [1.807, 2.05) is 0 Å². The summed E-state index contributed by atoms with van der Waals surface area (Å²) in [6.07, 6.45) is -1.16. The summed E-state index contributed by atoms with van der Waals surface area (Å²) < 4.78 is 26.3. The van der Waals surface area contributed by atoms with E-state index in [0.717, 1.165) is 0 Å². The van der Waals surface area contributed by atoms with Crippen LogP contribution in [0.25, 0.3) is 11.0 Å². The summed E-state index contributed by atoms with van der Waals surface area (Å²) in [6.45, 7) is 0. The summed E-state index contributed by atoms with van der Waals surface area (Å²) >= 11 is 4.86. The van der Waals surface area contributed by atoms with E-state index in [0.29, 0.717) is 11.0 Å². The van der Waals surface area contributed by atoms with Crippen molar-refractivity contribution in [2.75, 3.05) is 0 Å². The second-order valence-corrected chi connectivity index (χ2v) is 3.15. The minimum atomic E-state index is -2.66. The van der Waals surface area contributed by atoms with Crippen LogP contribution in [0.2, 0.25) is 0 Å². The molecule has 0 aromatic carbocycles. The van der Waals surface area contributed by atoms with Crippen LogP contribution in [0, 0.1) is 4.64 Å². The van der Waals surface area contributed by atoms with Gasteiger partial charge in [-0.3, -0.25) is 4.68 Å². The normalized spacial score (nSPS) is 11.4. The molecule has 74 valence electrons. The molecule has 0 atom stereocenters. The maximum atomic E-state index is 12.3. The lowest BCUT2D eigenvalue weighted by Crippen LogP contribution is -1.99. The van der Waals surface area contributed by atoms with Gasteiger partial charge >= 0.3 is 0 Å². The number of hydrogen-bond acceptors (Lipinski definition) is 3. The van der Waals surface area contributed by atoms with Crippen molar-refractivity contribution < 1.29 is 8.78 Å². The molecule has 0 bridgehead atoms. The molecule has 0 fully saturated rings. The summed E-state index contributed by atoms with van der Waals surface area (Å²) in [5.74, 6) is -0.425. The molecule has 0 aliphatic heterocycles. The van der Waals surface area contributed by atoms with E-state index >= 15 is 0 Å². The highest BCUT2D eigenvalue weighted by atomic mass is 32.1. The van der Waals surface area contributed by atoms with E-state index in [4.69, 9.17) is 12.2 Å². The van der Waals surface area contributed by atoms with Crippen molar-refractivity contribution in [3.8, 4) is 0 Å². The van der Waals surface area contributed by atoms with Crippen molar-refractivity contribution in [2.24, 2.45) is 7.05 Å². The molecule has 7 heteroatoms. The Morgan fingerprint density at radius 3 is 2.93 bits per heavy atom. The van der Waals surface area contributed by atoms with Crippen molar-refractivity contribution in [1.29, 1.82) is 0 Å². The smallest absolute Gasteiger partial charge is 0.295 e. The predicted octanol–water partition coefficient (Wildman–Crippen LogP) is 1.96.